The summed E-state index contributed by atoms with van der Waals surface area (Å²) in [7, 11) is 0. The number of nitrogens with one attached hydrogen (secondary N) is 1. The number of aryl methyl sites for hydroxylation is 1. The van der Waals surface area contributed by atoms with Gasteiger partial charge < -0.3 is 0 Å². The molecule has 0 amide bonds. The van der Waals surface area contributed by atoms with Gasteiger partial charge in [-0.05, 0) is 24.5 Å². The number of hydrazine groups is 1. The molecule has 1 aromatic rings. The highest BCUT2D eigenvalue weighted by atomic mass is 15.2. The molecule has 0 aliphatic carbocycles. The molecule has 12 heavy (non-hydrogen) atoms. The molecule has 2 heteroatoms. The van der Waals surface area contributed by atoms with Crippen molar-refractivity contribution in [2.24, 2.45) is 5.84 Å². The first-order valence-corrected chi connectivity index (χ1v) is 4.31. The fourth-order valence-corrected chi connectivity index (χ4v) is 1.41. The van der Waals surface area contributed by atoms with Crippen molar-refractivity contribution in [3.8, 4) is 0 Å². The van der Waals surface area contributed by atoms with Gasteiger partial charge in [-0.3, -0.25) is 11.3 Å². The fraction of sp³-hybridized carbons (Fsp3) is 0.400. The van der Waals surface area contributed by atoms with Crippen LogP contribution >= 0.6 is 0 Å². The van der Waals surface area contributed by atoms with Gasteiger partial charge >= 0.3 is 0 Å². The Morgan fingerprint density at radius 2 is 2.08 bits per heavy atom. The minimum Gasteiger partial charge on any atom is -0.271 e. The second kappa shape index (κ2) is 4.24. The minimum atomic E-state index is 0.284. The van der Waals surface area contributed by atoms with Crippen molar-refractivity contribution in [3.05, 3.63) is 35.4 Å². The predicted molar refractivity (Wildman–Crippen MR) is 51.5 cm³/mol. The maximum absolute atomic E-state index is 5.43. The van der Waals surface area contributed by atoms with Gasteiger partial charge in [0.1, 0.15) is 0 Å². The zero-order valence-electron chi connectivity index (χ0n) is 7.67. The third-order valence-corrected chi connectivity index (χ3v) is 2.17. The molecule has 0 bridgehead atoms. The van der Waals surface area contributed by atoms with Crippen LogP contribution in [0.4, 0.5) is 0 Å². The van der Waals surface area contributed by atoms with E-state index in [0.717, 1.165) is 6.42 Å². The first-order valence-electron chi connectivity index (χ1n) is 4.31. The lowest BCUT2D eigenvalue weighted by Crippen LogP contribution is -2.27. The minimum absolute atomic E-state index is 0.284. The van der Waals surface area contributed by atoms with Crippen molar-refractivity contribution < 1.29 is 0 Å². The van der Waals surface area contributed by atoms with E-state index in [4.69, 9.17) is 5.84 Å². The van der Waals surface area contributed by atoms with Crippen LogP contribution in [0.5, 0.6) is 0 Å². The van der Waals surface area contributed by atoms with Crippen LogP contribution in [0.15, 0.2) is 24.3 Å². The lowest BCUT2D eigenvalue weighted by molar-refractivity contribution is 0.537. The molecule has 3 N–H and O–H groups in total. The smallest absolute Gasteiger partial charge is 0.0460 e. The van der Waals surface area contributed by atoms with Gasteiger partial charge in [-0.2, -0.15) is 0 Å². The van der Waals surface area contributed by atoms with Gasteiger partial charge in [0.2, 0.25) is 0 Å². The number of hydrogen-bond acceptors (Lipinski definition) is 2. The molecular weight excluding hydrogens is 148 g/mol. The van der Waals surface area contributed by atoms with E-state index >= 15 is 0 Å². The van der Waals surface area contributed by atoms with Crippen LogP contribution in [-0.2, 0) is 0 Å². The molecule has 0 saturated heterocycles. The molecule has 1 unspecified atom stereocenters. The Bertz CT molecular complexity index is 241. The van der Waals surface area contributed by atoms with Gasteiger partial charge in [-0.15, -0.1) is 0 Å². The molecule has 1 rings (SSSR count). The molecule has 66 valence electrons. The van der Waals surface area contributed by atoms with Crippen molar-refractivity contribution in [2.45, 2.75) is 26.3 Å². The van der Waals surface area contributed by atoms with Gasteiger partial charge in [-0.1, -0.05) is 31.2 Å². The molecule has 0 aromatic heterocycles. The van der Waals surface area contributed by atoms with Gasteiger partial charge in [0.05, 0.1) is 0 Å². The van der Waals surface area contributed by atoms with Crippen LogP contribution in [0.2, 0.25) is 0 Å². The van der Waals surface area contributed by atoms with E-state index in [1.165, 1.54) is 11.1 Å². The molecule has 2 nitrogen and oxygen atoms in total. The summed E-state index contributed by atoms with van der Waals surface area (Å²) in [6.45, 7) is 4.23. The van der Waals surface area contributed by atoms with E-state index in [9.17, 15) is 0 Å². The van der Waals surface area contributed by atoms with E-state index in [1.807, 2.05) is 12.1 Å². The average Bonchev–Trinajstić information content (AvgIpc) is 2.10. The maximum atomic E-state index is 5.43. The summed E-state index contributed by atoms with van der Waals surface area (Å²) < 4.78 is 0. The molecule has 0 aliphatic rings. The van der Waals surface area contributed by atoms with E-state index in [0.29, 0.717) is 0 Å². The second-order valence-electron chi connectivity index (χ2n) is 2.98. The third kappa shape index (κ3) is 1.84. The second-order valence-corrected chi connectivity index (χ2v) is 2.98. The molecule has 0 spiro atoms. The molecule has 1 atom stereocenters. The highest BCUT2D eigenvalue weighted by Gasteiger charge is 2.07. The zero-order valence-corrected chi connectivity index (χ0v) is 7.67. The van der Waals surface area contributed by atoms with Gasteiger partial charge in [0, 0.05) is 6.04 Å². The number of hydrogen-bond donors (Lipinski definition) is 2. The number of nitrogens with two attached hydrogens (primary N) is 1. The zero-order chi connectivity index (χ0) is 8.97. The van der Waals surface area contributed by atoms with Crippen molar-refractivity contribution >= 4 is 0 Å². The lowest BCUT2D eigenvalue weighted by atomic mass is 10.0. The molecule has 0 fully saturated rings. The summed E-state index contributed by atoms with van der Waals surface area (Å²) in [6, 6.07) is 8.59. The van der Waals surface area contributed by atoms with Gasteiger partial charge in [-0.25, -0.2) is 0 Å². The van der Waals surface area contributed by atoms with Crippen LogP contribution in [0.25, 0.3) is 0 Å². The van der Waals surface area contributed by atoms with Crippen molar-refractivity contribution in [3.63, 3.8) is 0 Å². The standard InChI is InChI=1S/C10H16N2/c1-3-10(12-11)9-7-5-4-6-8(9)2/h4-7,10,12H,3,11H2,1-2H3. The molecule has 0 radical (unpaired) electrons. The van der Waals surface area contributed by atoms with Crippen LogP contribution in [0.3, 0.4) is 0 Å². The summed E-state index contributed by atoms with van der Waals surface area (Å²) in [5.74, 6) is 5.43. The molecule has 1 aromatic carbocycles. The molecule has 0 saturated carbocycles. The Balaban J connectivity index is 2.92. The summed E-state index contributed by atoms with van der Waals surface area (Å²) in [5, 5.41) is 0. The number of rotatable bonds is 3. The van der Waals surface area contributed by atoms with E-state index < -0.39 is 0 Å². The quantitative estimate of drug-likeness (QED) is 0.529. The Morgan fingerprint density at radius 3 is 2.58 bits per heavy atom. The van der Waals surface area contributed by atoms with E-state index in [-0.39, 0.29) is 6.04 Å². The SMILES string of the molecule is CCC(NN)c1ccccc1C. The summed E-state index contributed by atoms with van der Waals surface area (Å²) in [5.41, 5.74) is 5.40. The van der Waals surface area contributed by atoms with Crippen molar-refractivity contribution in [1.82, 2.24) is 5.43 Å². The topological polar surface area (TPSA) is 38.0 Å². The summed E-state index contributed by atoms with van der Waals surface area (Å²) in [4.78, 5) is 0. The van der Waals surface area contributed by atoms with E-state index in [2.05, 4.69) is 31.4 Å². The van der Waals surface area contributed by atoms with E-state index in [1.54, 1.807) is 0 Å². The largest absolute Gasteiger partial charge is 0.271 e. The fourth-order valence-electron chi connectivity index (χ4n) is 1.41. The number of benzene rings is 1. The van der Waals surface area contributed by atoms with Crippen molar-refractivity contribution in [2.75, 3.05) is 0 Å². The van der Waals surface area contributed by atoms with Crippen LogP contribution in [-0.4, -0.2) is 0 Å². The van der Waals surface area contributed by atoms with Crippen LogP contribution < -0.4 is 11.3 Å². The van der Waals surface area contributed by atoms with Gasteiger partial charge in [0.25, 0.3) is 0 Å². The average molecular weight is 164 g/mol. The first kappa shape index (κ1) is 9.23. The monoisotopic (exact) mass is 164 g/mol. The summed E-state index contributed by atoms with van der Waals surface area (Å²) in [6.07, 6.45) is 1.02. The van der Waals surface area contributed by atoms with Gasteiger partial charge in [0.15, 0.2) is 0 Å². The third-order valence-electron chi connectivity index (χ3n) is 2.17. The highest BCUT2D eigenvalue weighted by molar-refractivity contribution is 5.28. The molecular formula is C10H16N2. The lowest BCUT2D eigenvalue weighted by Gasteiger charge is -2.15. The Morgan fingerprint density at radius 1 is 1.42 bits per heavy atom. The summed E-state index contributed by atoms with van der Waals surface area (Å²) >= 11 is 0. The molecule has 0 heterocycles. The maximum Gasteiger partial charge on any atom is 0.0460 e. The highest BCUT2D eigenvalue weighted by Crippen LogP contribution is 2.18. The van der Waals surface area contributed by atoms with Crippen LogP contribution in [0, 0.1) is 6.92 Å². The first-order chi connectivity index (χ1) is 5.79. The Kier molecular flexibility index (Phi) is 3.26. The van der Waals surface area contributed by atoms with Crippen molar-refractivity contribution in [1.29, 1.82) is 0 Å². The normalized spacial score (nSPS) is 12.9. The Hall–Kier alpha value is -0.860. The van der Waals surface area contributed by atoms with Crippen LogP contribution in [0.1, 0.15) is 30.5 Å². The molecule has 0 aliphatic heterocycles. The Labute approximate surface area is 73.8 Å². The predicted octanol–water partition coefficient (Wildman–Crippen LogP) is 1.91.